The number of halogens is 1. The largest absolute Gasteiger partial charge is 0.378 e. The van der Waals surface area contributed by atoms with Crippen LogP contribution in [0.2, 0.25) is 5.28 Å². The van der Waals surface area contributed by atoms with Gasteiger partial charge in [0.25, 0.3) is 0 Å². The van der Waals surface area contributed by atoms with Crippen molar-refractivity contribution in [2.75, 3.05) is 44.3 Å². The lowest BCUT2D eigenvalue weighted by atomic mass is 10.0. The maximum atomic E-state index is 11.7. The number of likely N-dealkylation sites (tertiary alicyclic amines) is 1. The smallest absolute Gasteiger partial charge is 0.237 e. The second-order valence-electron chi connectivity index (χ2n) is 8.71. The van der Waals surface area contributed by atoms with Crippen molar-refractivity contribution in [1.29, 1.82) is 0 Å². The molecule has 2 fully saturated rings. The number of imidazole rings is 1. The Morgan fingerprint density at radius 3 is 2.68 bits per heavy atom. The van der Waals surface area contributed by atoms with Crippen molar-refractivity contribution < 1.29 is 9.53 Å². The van der Waals surface area contributed by atoms with E-state index in [9.17, 15) is 4.79 Å². The molecule has 0 radical (unpaired) electrons. The van der Waals surface area contributed by atoms with Crippen LogP contribution in [0.15, 0.2) is 0 Å². The van der Waals surface area contributed by atoms with Gasteiger partial charge < -0.3 is 19.9 Å². The van der Waals surface area contributed by atoms with Crippen LogP contribution in [-0.2, 0) is 22.6 Å². The highest BCUT2D eigenvalue weighted by molar-refractivity contribution is 6.28. The molecule has 0 aliphatic carbocycles. The summed E-state index contributed by atoms with van der Waals surface area (Å²) in [6.45, 7) is 11.7. The fourth-order valence-electron chi connectivity index (χ4n) is 4.33. The molecule has 0 saturated carbocycles. The average molecular weight is 451 g/mol. The minimum absolute atomic E-state index is 0.208. The maximum absolute atomic E-state index is 11.7. The number of carbonyl (C=O) groups is 1. The number of amides is 1. The van der Waals surface area contributed by atoms with Crippen molar-refractivity contribution in [3.63, 3.8) is 0 Å². The van der Waals surface area contributed by atoms with E-state index >= 15 is 0 Å². The number of primary amides is 1. The Balaban J connectivity index is 1.56. The van der Waals surface area contributed by atoms with Gasteiger partial charge >= 0.3 is 0 Å². The van der Waals surface area contributed by atoms with Crippen molar-refractivity contribution in [2.24, 2.45) is 5.73 Å². The van der Waals surface area contributed by atoms with Gasteiger partial charge in [0.15, 0.2) is 17.0 Å². The molecule has 2 saturated heterocycles. The molecule has 3 N–H and O–H groups in total. The number of nitrogens with two attached hydrogens (primary N) is 1. The zero-order valence-electron chi connectivity index (χ0n) is 18.4. The zero-order valence-corrected chi connectivity index (χ0v) is 19.2. The molecule has 0 spiro atoms. The van der Waals surface area contributed by atoms with Crippen LogP contribution in [0.1, 0.15) is 33.0 Å². The Hall–Kier alpha value is -2.01. The number of fused-ring (bicyclic) bond motifs is 1. The predicted octanol–water partition coefficient (Wildman–Crippen LogP) is 0.764. The molecule has 0 bridgehead atoms. The van der Waals surface area contributed by atoms with Gasteiger partial charge in [0.05, 0.1) is 25.3 Å². The Bertz CT molecular complexity index is 956. The van der Waals surface area contributed by atoms with Crippen molar-refractivity contribution in [2.45, 2.75) is 51.9 Å². The molecule has 2 aliphatic heterocycles. The third-order valence-corrected chi connectivity index (χ3v) is 6.24. The Labute approximate surface area is 187 Å². The SMILES string of the molecule is CCn1c(CN2CC[C@H](NC(C)(C)C(N)=O)C2)nc2c(N3CCOCC3)nc(Cl)nc21. The minimum atomic E-state index is -0.726. The summed E-state index contributed by atoms with van der Waals surface area (Å²) in [5.41, 5.74) is 6.34. The Kier molecular flexibility index (Phi) is 6.34. The molecule has 2 aromatic heterocycles. The first-order valence-corrected chi connectivity index (χ1v) is 11.2. The molecule has 0 unspecified atom stereocenters. The monoisotopic (exact) mass is 450 g/mol. The summed E-state index contributed by atoms with van der Waals surface area (Å²) in [5, 5.41) is 3.61. The van der Waals surface area contributed by atoms with E-state index in [1.807, 2.05) is 13.8 Å². The van der Waals surface area contributed by atoms with Crippen LogP contribution in [0.4, 0.5) is 5.82 Å². The molecule has 11 heteroatoms. The summed E-state index contributed by atoms with van der Waals surface area (Å²) in [4.78, 5) is 30.1. The molecule has 1 amide bonds. The van der Waals surface area contributed by atoms with Crippen molar-refractivity contribution in [3.05, 3.63) is 11.1 Å². The van der Waals surface area contributed by atoms with Crippen LogP contribution in [0.3, 0.4) is 0 Å². The van der Waals surface area contributed by atoms with Crippen molar-refractivity contribution in [1.82, 2.24) is 29.7 Å². The number of aryl methyl sites for hydroxylation is 1. The van der Waals surface area contributed by atoms with E-state index in [4.69, 9.17) is 27.1 Å². The highest BCUT2D eigenvalue weighted by Gasteiger charge is 2.32. The second kappa shape index (κ2) is 8.85. The highest BCUT2D eigenvalue weighted by atomic mass is 35.5. The molecule has 170 valence electrons. The van der Waals surface area contributed by atoms with Gasteiger partial charge in [-0.15, -0.1) is 0 Å². The number of hydrogen-bond acceptors (Lipinski definition) is 8. The number of nitrogens with zero attached hydrogens (tertiary/aromatic N) is 6. The van der Waals surface area contributed by atoms with Gasteiger partial charge in [0.1, 0.15) is 5.82 Å². The number of carbonyl (C=O) groups excluding carboxylic acids is 1. The lowest BCUT2D eigenvalue weighted by Crippen LogP contribution is -2.55. The predicted molar refractivity (Wildman–Crippen MR) is 119 cm³/mol. The van der Waals surface area contributed by atoms with Crippen LogP contribution >= 0.6 is 11.6 Å². The lowest BCUT2D eigenvalue weighted by molar-refractivity contribution is -0.123. The number of nitrogens with one attached hydrogen (secondary N) is 1. The molecular weight excluding hydrogens is 420 g/mol. The summed E-state index contributed by atoms with van der Waals surface area (Å²) < 4.78 is 7.59. The number of aromatic nitrogens is 4. The van der Waals surface area contributed by atoms with E-state index in [-0.39, 0.29) is 17.2 Å². The first-order chi connectivity index (χ1) is 14.8. The normalized spacial score (nSPS) is 20.6. The van der Waals surface area contributed by atoms with Crippen LogP contribution in [0.5, 0.6) is 0 Å². The van der Waals surface area contributed by atoms with E-state index in [0.717, 1.165) is 62.0 Å². The minimum Gasteiger partial charge on any atom is -0.378 e. The van der Waals surface area contributed by atoms with Crippen LogP contribution < -0.4 is 16.0 Å². The van der Waals surface area contributed by atoms with E-state index in [2.05, 4.69) is 36.6 Å². The van der Waals surface area contributed by atoms with E-state index in [0.29, 0.717) is 19.8 Å². The Morgan fingerprint density at radius 2 is 2.00 bits per heavy atom. The molecule has 10 nitrogen and oxygen atoms in total. The summed E-state index contributed by atoms with van der Waals surface area (Å²) in [5.74, 6) is 1.37. The van der Waals surface area contributed by atoms with E-state index < -0.39 is 5.54 Å². The Morgan fingerprint density at radius 1 is 1.26 bits per heavy atom. The van der Waals surface area contributed by atoms with Crippen molar-refractivity contribution >= 4 is 34.5 Å². The summed E-state index contributed by atoms with van der Waals surface area (Å²) in [6, 6.07) is 0.208. The summed E-state index contributed by atoms with van der Waals surface area (Å²) in [7, 11) is 0. The molecular formula is C20H31ClN8O2. The number of rotatable bonds is 7. The number of hydrogen-bond donors (Lipinski definition) is 2. The molecule has 1 atom stereocenters. The molecule has 4 heterocycles. The number of morpholine rings is 1. The number of ether oxygens (including phenoxy) is 1. The topological polar surface area (TPSA) is 114 Å². The zero-order chi connectivity index (χ0) is 22.2. The molecule has 4 rings (SSSR count). The number of anilines is 1. The van der Waals surface area contributed by atoms with Crippen LogP contribution in [-0.4, -0.2) is 81.3 Å². The van der Waals surface area contributed by atoms with Gasteiger partial charge in [-0.2, -0.15) is 9.97 Å². The van der Waals surface area contributed by atoms with Crippen LogP contribution in [0.25, 0.3) is 11.2 Å². The highest BCUT2D eigenvalue weighted by Crippen LogP contribution is 2.28. The molecule has 0 aromatic carbocycles. The third kappa shape index (κ3) is 4.62. The first-order valence-electron chi connectivity index (χ1n) is 10.8. The van der Waals surface area contributed by atoms with Crippen molar-refractivity contribution in [3.8, 4) is 0 Å². The summed E-state index contributed by atoms with van der Waals surface area (Å²) in [6.07, 6.45) is 0.952. The third-order valence-electron chi connectivity index (χ3n) is 6.07. The van der Waals surface area contributed by atoms with Gasteiger partial charge in [-0.1, -0.05) is 0 Å². The molecule has 2 aliphatic rings. The standard InChI is InChI=1S/C20H31ClN8O2/c1-4-29-14(12-27-6-5-13(11-27)26-20(2,3)18(22)30)23-15-16(24-19(21)25-17(15)29)28-7-9-31-10-8-28/h13,26H,4-12H2,1-3H3,(H2,22,30)/t13-/m0/s1. The second-order valence-corrected chi connectivity index (χ2v) is 9.05. The van der Waals surface area contributed by atoms with Gasteiger partial charge in [-0.05, 0) is 38.8 Å². The van der Waals surface area contributed by atoms with E-state index in [1.165, 1.54) is 0 Å². The quantitative estimate of drug-likeness (QED) is 0.594. The van der Waals surface area contributed by atoms with Crippen LogP contribution in [0, 0.1) is 0 Å². The van der Waals surface area contributed by atoms with Gasteiger partial charge in [-0.3, -0.25) is 15.0 Å². The maximum Gasteiger partial charge on any atom is 0.237 e. The van der Waals surface area contributed by atoms with Gasteiger partial charge in [0.2, 0.25) is 11.2 Å². The molecule has 2 aromatic rings. The van der Waals surface area contributed by atoms with Gasteiger partial charge in [0, 0.05) is 38.8 Å². The summed E-state index contributed by atoms with van der Waals surface area (Å²) >= 11 is 6.28. The fraction of sp³-hybridized carbons (Fsp3) is 0.700. The van der Waals surface area contributed by atoms with E-state index in [1.54, 1.807) is 0 Å². The lowest BCUT2D eigenvalue weighted by Gasteiger charge is -2.27. The fourth-order valence-corrected chi connectivity index (χ4v) is 4.49. The van der Waals surface area contributed by atoms with Gasteiger partial charge in [-0.25, -0.2) is 4.98 Å². The first kappa shape index (κ1) is 22.2. The molecule has 31 heavy (non-hydrogen) atoms. The average Bonchev–Trinajstić information content (AvgIpc) is 3.31.